The zero-order valence-electron chi connectivity index (χ0n) is 11.3. The van der Waals surface area contributed by atoms with Crippen molar-refractivity contribution in [2.75, 3.05) is 0 Å². The van der Waals surface area contributed by atoms with E-state index < -0.39 is 8.32 Å². The first-order chi connectivity index (χ1) is 8.17. The lowest BCUT2D eigenvalue weighted by molar-refractivity contribution is 0.543. The number of unbranched alkanes of at least 4 members (excludes halogenated alkanes) is 5. The van der Waals surface area contributed by atoms with Gasteiger partial charge in [0.15, 0.2) is 0 Å². The second kappa shape index (κ2) is 7.67. The summed E-state index contributed by atoms with van der Waals surface area (Å²) >= 11 is 0. The van der Waals surface area contributed by atoms with Crippen molar-refractivity contribution in [2.45, 2.75) is 58.0 Å². The van der Waals surface area contributed by atoms with Gasteiger partial charge in [-0.3, -0.25) is 0 Å². The van der Waals surface area contributed by atoms with E-state index in [2.05, 4.69) is 25.6 Å². The fraction of sp³-hybridized carbons (Fsp3) is 0.600. The van der Waals surface area contributed by atoms with Gasteiger partial charge in [-0.15, -0.1) is 0 Å². The highest BCUT2D eigenvalue weighted by atomic mass is 28.4. The average Bonchev–Trinajstić information content (AvgIpc) is 2.35. The molecule has 0 fully saturated rings. The highest BCUT2D eigenvalue weighted by molar-refractivity contribution is 6.84. The molecule has 1 aromatic rings. The van der Waals surface area contributed by atoms with Crippen LogP contribution in [0.3, 0.4) is 0 Å². The van der Waals surface area contributed by atoms with Crippen molar-refractivity contribution in [3.05, 3.63) is 30.3 Å². The maximum absolute atomic E-state index is 10.5. The van der Waals surface area contributed by atoms with Gasteiger partial charge < -0.3 is 4.80 Å². The molecule has 1 rings (SSSR count). The summed E-state index contributed by atoms with van der Waals surface area (Å²) in [6.07, 6.45) is 7.79. The Morgan fingerprint density at radius 3 is 2.18 bits per heavy atom. The first-order valence-corrected chi connectivity index (χ1v) is 9.60. The molecule has 0 spiro atoms. The Bertz CT molecular complexity index is 295. The maximum Gasteiger partial charge on any atom is 0.216 e. The van der Waals surface area contributed by atoms with E-state index in [1.165, 1.54) is 43.7 Å². The summed E-state index contributed by atoms with van der Waals surface area (Å²) < 4.78 is 0. The van der Waals surface area contributed by atoms with E-state index in [0.717, 1.165) is 6.04 Å². The van der Waals surface area contributed by atoms with Gasteiger partial charge in [0.1, 0.15) is 0 Å². The van der Waals surface area contributed by atoms with Crippen LogP contribution in [0.4, 0.5) is 0 Å². The fourth-order valence-electron chi connectivity index (χ4n) is 2.19. The highest BCUT2D eigenvalue weighted by Gasteiger charge is 2.25. The molecule has 0 aliphatic rings. The summed E-state index contributed by atoms with van der Waals surface area (Å²) in [6.45, 7) is 4.31. The lowest BCUT2D eigenvalue weighted by Crippen LogP contribution is -2.44. The molecular weight excluding hydrogens is 224 g/mol. The van der Waals surface area contributed by atoms with Crippen LogP contribution >= 0.6 is 0 Å². The van der Waals surface area contributed by atoms with Crippen LogP contribution in [-0.4, -0.2) is 13.1 Å². The quantitative estimate of drug-likeness (QED) is 0.549. The normalized spacial score (nSPS) is 14.5. The van der Waals surface area contributed by atoms with Crippen molar-refractivity contribution in [1.29, 1.82) is 0 Å². The Hall–Kier alpha value is -0.603. The van der Waals surface area contributed by atoms with E-state index in [9.17, 15) is 4.80 Å². The van der Waals surface area contributed by atoms with Crippen LogP contribution in [0.25, 0.3) is 0 Å². The van der Waals surface area contributed by atoms with Crippen LogP contribution in [0, 0.1) is 0 Å². The molecule has 1 atom stereocenters. The molecule has 0 aliphatic heterocycles. The van der Waals surface area contributed by atoms with Gasteiger partial charge in [0.25, 0.3) is 0 Å². The Kier molecular flexibility index (Phi) is 6.52. The molecule has 1 aromatic carbocycles. The molecule has 0 aliphatic carbocycles. The third-order valence-corrected chi connectivity index (χ3v) is 6.32. The molecule has 0 saturated carbocycles. The molecule has 0 aromatic heterocycles. The fourth-order valence-corrected chi connectivity index (χ4v) is 4.33. The summed E-state index contributed by atoms with van der Waals surface area (Å²) in [5.41, 5.74) is 0. The summed E-state index contributed by atoms with van der Waals surface area (Å²) in [4.78, 5) is 10.5. The van der Waals surface area contributed by atoms with E-state index in [0.29, 0.717) is 0 Å². The van der Waals surface area contributed by atoms with Crippen LogP contribution in [0.15, 0.2) is 30.3 Å². The van der Waals surface area contributed by atoms with Crippen LogP contribution in [0.5, 0.6) is 0 Å². The zero-order valence-corrected chi connectivity index (χ0v) is 12.3. The minimum Gasteiger partial charge on any atom is -0.428 e. The van der Waals surface area contributed by atoms with Gasteiger partial charge in [-0.2, -0.15) is 0 Å². The van der Waals surface area contributed by atoms with Crippen molar-refractivity contribution in [3.63, 3.8) is 0 Å². The van der Waals surface area contributed by atoms with E-state index in [1.54, 1.807) is 0 Å². The monoisotopic (exact) mass is 250 g/mol. The largest absolute Gasteiger partial charge is 0.428 e. The second-order valence-electron chi connectivity index (χ2n) is 5.16. The van der Waals surface area contributed by atoms with Gasteiger partial charge in [-0.05, 0) is 17.8 Å². The first-order valence-electron chi connectivity index (χ1n) is 6.94. The van der Waals surface area contributed by atoms with Crippen LogP contribution in [0.2, 0.25) is 12.6 Å². The van der Waals surface area contributed by atoms with Crippen molar-refractivity contribution < 1.29 is 4.80 Å². The van der Waals surface area contributed by atoms with Crippen molar-refractivity contribution in [1.82, 2.24) is 0 Å². The molecule has 2 heteroatoms. The summed E-state index contributed by atoms with van der Waals surface area (Å²) in [5.74, 6) is 0. The number of rotatable bonds is 8. The molecule has 0 heterocycles. The molecular formula is C15H26OSi. The summed E-state index contributed by atoms with van der Waals surface area (Å²) in [5, 5.41) is 1.17. The lowest BCUT2D eigenvalue weighted by Gasteiger charge is -2.20. The maximum atomic E-state index is 10.5. The zero-order chi connectivity index (χ0) is 12.6. The van der Waals surface area contributed by atoms with Gasteiger partial charge in [-0.25, -0.2) is 0 Å². The molecule has 1 nitrogen and oxygen atoms in total. The van der Waals surface area contributed by atoms with Gasteiger partial charge in [0, 0.05) is 0 Å². The van der Waals surface area contributed by atoms with E-state index in [4.69, 9.17) is 0 Å². The minimum atomic E-state index is -2.15. The van der Waals surface area contributed by atoms with Gasteiger partial charge >= 0.3 is 0 Å². The third-order valence-electron chi connectivity index (χ3n) is 3.41. The van der Waals surface area contributed by atoms with Crippen LogP contribution < -0.4 is 5.19 Å². The predicted molar refractivity (Wildman–Crippen MR) is 78.1 cm³/mol. The van der Waals surface area contributed by atoms with Crippen molar-refractivity contribution in [2.24, 2.45) is 0 Å². The summed E-state index contributed by atoms with van der Waals surface area (Å²) in [6, 6.07) is 11.2. The molecule has 1 N–H and O–H groups in total. The molecule has 96 valence electrons. The average molecular weight is 250 g/mol. The third kappa shape index (κ3) is 5.51. The van der Waals surface area contributed by atoms with E-state index in [-0.39, 0.29) is 0 Å². The van der Waals surface area contributed by atoms with E-state index >= 15 is 0 Å². The first kappa shape index (κ1) is 14.5. The number of hydrogen-bond donors (Lipinski definition) is 1. The highest BCUT2D eigenvalue weighted by Crippen LogP contribution is 2.14. The lowest BCUT2D eigenvalue weighted by atomic mass is 10.1. The molecule has 0 radical (unpaired) electrons. The molecule has 0 amide bonds. The van der Waals surface area contributed by atoms with Gasteiger partial charge in [-0.1, -0.05) is 75.8 Å². The number of hydrogen-bond acceptors (Lipinski definition) is 1. The minimum absolute atomic E-state index is 1.00. The molecule has 0 bridgehead atoms. The number of benzene rings is 1. The SMILES string of the molecule is CCCCCCCC[Si](C)(O)c1ccccc1. The second-order valence-corrected chi connectivity index (χ2v) is 8.78. The smallest absolute Gasteiger partial charge is 0.216 e. The van der Waals surface area contributed by atoms with Crippen LogP contribution in [-0.2, 0) is 0 Å². The van der Waals surface area contributed by atoms with Crippen molar-refractivity contribution in [3.8, 4) is 0 Å². The molecule has 17 heavy (non-hydrogen) atoms. The Labute approximate surface area is 107 Å². The Morgan fingerprint density at radius 2 is 1.53 bits per heavy atom. The van der Waals surface area contributed by atoms with Gasteiger partial charge in [0.2, 0.25) is 8.32 Å². The predicted octanol–water partition coefficient (Wildman–Crippen LogP) is 3.82. The van der Waals surface area contributed by atoms with E-state index in [1.807, 2.05) is 18.2 Å². The molecule has 0 saturated heterocycles. The topological polar surface area (TPSA) is 20.2 Å². The standard InChI is InChI=1S/C15H26OSi/c1-3-4-5-6-7-11-14-17(2,16)15-12-9-8-10-13-15/h8-10,12-13,16H,3-7,11,14H2,1-2H3. The van der Waals surface area contributed by atoms with Gasteiger partial charge in [0.05, 0.1) is 0 Å². The Morgan fingerprint density at radius 1 is 0.941 bits per heavy atom. The summed E-state index contributed by atoms with van der Waals surface area (Å²) in [7, 11) is -2.15. The molecule has 1 unspecified atom stereocenters. The Balaban J connectivity index is 2.26. The van der Waals surface area contributed by atoms with Crippen LogP contribution in [0.1, 0.15) is 45.4 Å². The van der Waals surface area contributed by atoms with Crippen molar-refractivity contribution >= 4 is 13.5 Å².